The highest BCUT2D eigenvalue weighted by Gasteiger charge is 2.12. The summed E-state index contributed by atoms with van der Waals surface area (Å²) < 4.78 is 5.36. The van der Waals surface area contributed by atoms with E-state index in [0.29, 0.717) is 0 Å². The summed E-state index contributed by atoms with van der Waals surface area (Å²) in [4.78, 5) is 2.44. The van der Waals surface area contributed by atoms with Crippen LogP contribution in [0, 0.1) is 0 Å². The first-order chi connectivity index (χ1) is 7.90. The van der Waals surface area contributed by atoms with Gasteiger partial charge in [0.05, 0.1) is 13.2 Å². The van der Waals surface area contributed by atoms with Crippen LogP contribution in [-0.4, -0.2) is 37.7 Å². The van der Waals surface area contributed by atoms with Gasteiger partial charge in [-0.2, -0.15) is 0 Å². The Balaban J connectivity index is 2.01. The average Bonchev–Trinajstić information content (AvgIpc) is 2.33. The van der Waals surface area contributed by atoms with Crippen LogP contribution < -0.4 is 5.32 Å². The van der Waals surface area contributed by atoms with E-state index in [1.807, 2.05) is 0 Å². The number of nitrogens with zero attached hydrogens (tertiary/aromatic N) is 1. The van der Waals surface area contributed by atoms with Gasteiger partial charge in [-0.1, -0.05) is 18.2 Å². The van der Waals surface area contributed by atoms with Crippen LogP contribution in [0.5, 0.6) is 0 Å². The second-order valence-electron chi connectivity index (χ2n) is 4.08. The van der Waals surface area contributed by atoms with E-state index >= 15 is 0 Å². The van der Waals surface area contributed by atoms with Crippen molar-refractivity contribution in [3.05, 3.63) is 29.8 Å². The standard InChI is InChI=1S/C13H20N2O/c1-2-14-13-6-4-3-5-12(13)11-15-7-9-16-10-8-15/h3-6,14H,2,7-11H2,1H3. The Labute approximate surface area is 97.4 Å². The first-order valence-corrected chi connectivity index (χ1v) is 6.02. The topological polar surface area (TPSA) is 24.5 Å². The summed E-state index contributed by atoms with van der Waals surface area (Å²) in [5.74, 6) is 0. The molecule has 16 heavy (non-hydrogen) atoms. The predicted octanol–water partition coefficient (Wildman–Crippen LogP) is 1.95. The summed E-state index contributed by atoms with van der Waals surface area (Å²) in [5, 5.41) is 3.41. The summed E-state index contributed by atoms with van der Waals surface area (Å²) in [6, 6.07) is 8.55. The molecular weight excluding hydrogens is 200 g/mol. The van der Waals surface area contributed by atoms with Gasteiger partial charge in [-0.05, 0) is 18.6 Å². The minimum Gasteiger partial charge on any atom is -0.385 e. The van der Waals surface area contributed by atoms with Crippen molar-refractivity contribution in [3.63, 3.8) is 0 Å². The minimum absolute atomic E-state index is 0.864. The Bertz CT molecular complexity index is 321. The lowest BCUT2D eigenvalue weighted by molar-refractivity contribution is 0.0343. The molecule has 1 aromatic carbocycles. The van der Waals surface area contributed by atoms with Crippen molar-refractivity contribution < 1.29 is 4.74 Å². The molecule has 0 bridgehead atoms. The molecule has 0 spiro atoms. The first-order valence-electron chi connectivity index (χ1n) is 6.02. The van der Waals surface area contributed by atoms with Gasteiger partial charge in [0.15, 0.2) is 0 Å². The van der Waals surface area contributed by atoms with E-state index < -0.39 is 0 Å². The quantitative estimate of drug-likeness (QED) is 0.839. The molecule has 2 rings (SSSR count). The lowest BCUT2D eigenvalue weighted by atomic mass is 10.1. The number of morpholine rings is 1. The minimum atomic E-state index is 0.864. The van der Waals surface area contributed by atoms with Crippen molar-refractivity contribution in [2.24, 2.45) is 0 Å². The van der Waals surface area contributed by atoms with E-state index in [-0.39, 0.29) is 0 Å². The van der Waals surface area contributed by atoms with Gasteiger partial charge in [0.25, 0.3) is 0 Å². The molecule has 0 saturated carbocycles. The maximum absolute atomic E-state index is 5.36. The van der Waals surface area contributed by atoms with Crippen molar-refractivity contribution >= 4 is 5.69 Å². The molecule has 0 aromatic heterocycles. The van der Waals surface area contributed by atoms with Crippen LogP contribution in [0.3, 0.4) is 0 Å². The molecule has 1 fully saturated rings. The Kier molecular flexibility index (Phi) is 4.19. The van der Waals surface area contributed by atoms with Crippen molar-refractivity contribution in [3.8, 4) is 0 Å². The zero-order valence-electron chi connectivity index (χ0n) is 9.91. The largest absolute Gasteiger partial charge is 0.385 e. The van der Waals surface area contributed by atoms with E-state index in [1.165, 1.54) is 11.3 Å². The highest BCUT2D eigenvalue weighted by molar-refractivity contribution is 5.50. The SMILES string of the molecule is CCNc1ccccc1CN1CCOCC1. The summed E-state index contributed by atoms with van der Waals surface area (Å²) in [7, 11) is 0. The maximum atomic E-state index is 5.36. The third kappa shape index (κ3) is 2.97. The van der Waals surface area contributed by atoms with Crippen LogP contribution in [0.4, 0.5) is 5.69 Å². The van der Waals surface area contributed by atoms with Gasteiger partial charge in [-0.3, -0.25) is 4.90 Å². The molecule has 0 aliphatic carbocycles. The molecule has 1 heterocycles. The monoisotopic (exact) mass is 220 g/mol. The second-order valence-corrected chi connectivity index (χ2v) is 4.08. The second kappa shape index (κ2) is 5.87. The van der Waals surface area contributed by atoms with Gasteiger partial charge >= 0.3 is 0 Å². The summed E-state index contributed by atoms with van der Waals surface area (Å²) >= 11 is 0. The number of anilines is 1. The summed E-state index contributed by atoms with van der Waals surface area (Å²) in [6.07, 6.45) is 0. The fourth-order valence-corrected chi connectivity index (χ4v) is 2.02. The third-order valence-electron chi connectivity index (χ3n) is 2.88. The fourth-order valence-electron chi connectivity index (χ4n) is 2.02. The van der Waals surface area contributed by atoms with E-state index in [9.17, 15) is 0 Å². The molecule has 88 valence electrons. The van der Waals surface area contributed by atoms with Crippen LogP contribution in [-0.2, 0) is 11.3 Å². The van der Waals surface area contributed by atoms with E-state index in [1.54, 1.807) is 0 Å². The van der Waals surface area contributed by atoms with Gasteiger partial charge in [0, 0.05) is 31.9 Å². The molecule has 1 saturated heterocycles. The lowest BCUT2D eigenvalue weighted by Gasteiger charge is -2.27. The Morgan fingerprint density at radius 2 is 2.00 bits per heavy atom. The van der Waals surface area contributed by atoms with Crippen molar-refractivity contribution in [1.29, 1.82) is 0 Å². The van der Waals surface area contributed by atoms with Crippen LogP contribution >= 0.6 is 0 Å². The van der Waals surface area contributed by atoms with Crippen LogP contribution in [0.1, 0.15) is 12.5 Å². The number of hydrogen-bond acceptors (Lipinski definition) is 3. The van der Waals surface area contributed by atoms with E-state index in [0.717, 1.165) is 39.4 Å². The zero-order valence-corrected chi connectivity index (χ0v) is 9.91. The molecule has 1 N–H and O–H groups in total. The van der Waals surface area contributed by atoms with Crippen LogP contribution in [0.15, 0.2) is 24.3 Å². The van der Waals surface area contributed by atoms with Gasteiger partial charge in [-0.15, -0.1) is 0 Å². The predicted molar refractivity (Wildman–Crippen MR) is 66.7 cm³/mol. The fraction of sp³-hybridized carbons (Fsp3) is 0.538. The van der Waals surface area contributed by atoms with Crippen molar-refractivity contribution in [1.82, 2.24) is 4.90 Å². The van der Waals surface area contributed by atoms with Gasteiger partial charge in [-0.25, -0.2) is 0 Å². The van der Waals surface area contributed by atoms with Gasteiger partial charge < -0.3 is 10.1 Å². The number of para-hydroxylation sites is 1. The molecule has 0 amide bonds. The number of nitrogens with one attached hydrogen (secondary N) is 1. The average molecular weight is 220 g/mol. The third-order valence-corrected chi connectivity index (χ3v) is 2.88. The number of rotatable bonds is 4. The molecule has 3 heteroatoms. The molecule has 1 aromatic rings. The molecule has 0 unspecified atom stereocenters. The molecule has 1 aliphatic heterocycles. The molecule has 1 aliphatic rings. The van der Waals surface area contributed by atoms with Crippen molar-refractivity contribution in [2.75, 3.05) is 38.2 Å². The van der Waals surface area contributed by atoms with E-state index in [4.69, 9.17) is 4.74 Å². The van der Waals surface area contributed by atoms with Gasteiger partial charge in [0.1, 0.15) is 0 Å². The smallest absolute Gasteiger partial charge is 0.0594 e. The normalized spacial score (nSPS) is 17.3. The zero-order chi connectivity index (χ0) is 11.2. The number of ether oxygens (including phenoxy) is 1. The van der Waals surface area contributed by atoms with Crippen LogP contribution in [0.25, 0.3) is 0 Å². The number of benzene rings is 1. The summed E-state index contributed by atoms with van der Waals surface area (Å²) in [6.45, 7) is 7.94. The highest BCUT2D eigenvalue weighted by Crippen LogP contribution is 2.17. The van der Waals surface area contributed by atoms with E-state index in [2.05, 4.69) is 41.4 Å². The molecule has 3 nitrogen and oxygen atoms in total. The summed E-state index contributed by atoms with van der Waals surface area (Å²) in [5.41, 5.74) is 2.64. The molecule has 0 radical (unpaired) electrons. The van der Waals surface area contributed by atoms with Gasteiger partial charge in [0.2, 0.25) is 0 Å². The Morgan fingerprint density at radius 1 is 1.25 bits per heavy atom. The maximum Gasteiger partial charge on any atom is 0.0594 e. The Hall–Kier alpha value is -1.06. The molecular formula is C13H20N2O. The molecule has 0 atom stereocenters. The number of hydrogen-bond donors (Lipinski definition) is 1. The Morgan fingerprint density at radius 3 is 2.75 bits per heavy atom. The van der Waals surface area contributed by atoms with Crippen LogP contribution in [0.2, 0.25) is 0 Å². The highest BCUT2D eigenvalue weighted by atomic mass is 16.5. The first kappa shape index (κ1) is 11.4. The van der Waals surface area contributed by atoms with Crippen molar-refractivity contribution in [2.45, 2.75) is 13.5 Å². The lowest BCUT2D eigenvalue weighted by Crippen LogP contribution is -2.35.